The summed E-state index contributed by atoms with van der Waals surface area (Å²) in [5.74, 6) is 0.174. The molecule has 0 spiro atoms. The van der Waals surface area contributed by atoms with E-state index in [1.807, 2.05) is 0 Å². The van der Waals surface area contributed by atoms with Gasteiger partial charge in [-0.2, -0.15) is 0 Å². The van der Waals surface area contributed by atoms with Gasteiger partial charge in [-0.1, -0.05) is 29.8 Å². The van der Waals surface area contributed by atoms with Crippen molar-refractivity contribution in [2.45, 2.75) is 32.4 Å². The third-order valence-corrected chi connectivity index (χ3v) is 2.98. The van der Waals surface area contributed by atoms with Crippen LogP contribution in [0.4, 0.5) is 0 Å². The highest BCUT2D eigenvalue weighted by Gasteiger charge is 2.16. The maximum absolute atomic E-state index is 11.0. The van der Waals surface area contributed by atoms with Crippen LogP contribution in [0.1, 0.15) is 24.0 Å². The van der Waals surface area contributed by atoms with Crippen LogP contribution in [0.25, 0.3) is 0 Å². The second kappa shape index (κ2) is 5.12. The Morgan fingerprint density at radius 3 is 2.75 bits per heavy atom. The molecule has 1 fully saturated rings. The number of hydrogen-bond acceptors (Lipinski definition) is 2. The third kappa shape index (κ3) is 3.07. The Bertz CT molecular complexity index is 349. The van der Waals surface area contributed by atoms with Gasteiger partial charge in [0.05, 0.1) is 0 Å². The standard InChI is InChI=1S/C13H18N2O/c1-10-2-4-11(5-3-10)8-14-12-6-7-13(16)15-9-12/h2-5,12,14H,6-9H2,1H3,(H,15,16). The van der Waals surface area contributed by atoms with Gasteiger partial charge in [0.25, 0.3) is 0 Å². The molecule has 1 unspecified atom stereocenters. The summed E-state index contributed by atoms with van der Waals surface area (Å²) in [6.07, 6.45) is 1.59. The number of hydrogen-bond donors (Lipinski definition) is 2. The van der Waals surface area contributed by atoms with Crippen LogP contribution in [0.5, 0.6) is 0 Å². The lowest BCUT2D eigenvalue weighted by atomic mass is 10.1. The maximum atomic E-state index is 11.0. The molecule has 2 rings (SSSR count). The molecule has 1 aliphatic heterocycles. The Morgan fingerprint density at radius 1 is 1.38 bits per heavy atom. The number of carbonyl (C=O) groups is 1. The predicted molar refractivity (Wildman–Crippen MR) is 64.1 cm³/mol. The quantitative estimate of drug-likeness (QED) is 0.804. The molecule has 1 aliphatic rings. The van der Waals surface area contributed by atoms with E-state index in [4.69, 9.17) is 0 Å². The van der Waals surface area contributed by atoms with Crippen LogP contribution >= 0.6 is 0 Å². The van der Waals surface area contributed by atoms with Crippen molar-refractivity contribution >= 4 is 5.91 Å². The lowest BCUT2D eigenvalue weighted by Crippen LogP contribution is -2.45. The van der Waals surface area contributed by atoms with Crippen LogP contribution in [0, 0.1) is 6.92 Å². The molecule has 1 atom stereocenters. The normalized spacial score (nSPS) is 20.6. The van der Waals surface area contributed by atoms with E-state index in [-0.39, 0.29) is 5.91 Å². The molecule has 86 valence electrons. The molecule has 1 heterocycles. The largest absolute Gasteiger partial charge is 0.355 e. The molecule has 0 aromatic heterocycles. The van der Waals surface area contributed by atoms with E-state index in [1.54, 1.807) is 0 Å². The van der Waals surface area contributed by atoms with Gasteiger partial charge in [-0.25, -0.2) is 0 Å². The van der Waals surface area contributed by atoms with E-state index in [0.29, 0.717) is 12.5 Å². The Balaban J connectivity index is 1.79. The highest BCUT2D eigenvalue weighted by molar-refractivity contribution is 5.76. The highest BCUT2D eigenvalue weighted by atomic mass is 16.1. The minimum absolute atomic E-state index is 0.174. The van der Waals surface area contributed by atoms with Crippen molar-refractivity contribution in [2.24, 2.45) is 0 Å². The number of benzene rings is 1. The summed E-state index contributed by atoms with van der Waals surface area (Å²) in [5.41, 5.74) is 2.58. The molecule has 0 aliphatic carbocycles. The van der Waals surface area contributed by atoms with E-state index >= 15 is 0 Å². The maximum Gasteiger partial charge on any atom is 0.220 e. The molecule has 0 radical (unpaired) electrons. The zero-order valence-corrected chi connectivity index (χ0v) is 9.62. The van der Waals surface area contributed by atoms with Crippen molar-refractivity contribution in [2.75, 3.05) is 6.54 Å². The van der Waals surface area contributed by atoms with E-state index in [1.165, 1.54) is 11.1 Å². The van der Waals surface area contributed by atoms with Crippen molar-refractivity contribution in [1.82, 2.24) is 10.6 Å². The molecular weight excluding hydrogens is 200 g/mol. The highest BCUT2D eigenvalue weighted by Crippen LogP contribution is 2.06. The molecule has 1 aromatic carbocycles. The second-order valence-corrected chi connectivity index (χ2v) is 4.41. The summed E-state index contributed by atoms with van der Waals surface area (Å²) < 4.78 is 0. The average molecular weight is 218 g/mol. The van der Waals surface area contributed by atoms with Crippen LogP contribution in [-0.2, 0) is 11.3 Å². The zero-order valence-electron chi connectivity index (χ0n) is 9.62. The van der Waals surface area contributed by atoms with Crippen LogP contribution in [-0.4, -0.2) is 18.5 Å². The van der Waals surface area contributed by atoms with Gasteiger partial charge in [0.2, 0.25) is 5.91 Å². The first-order chi connectivity index (χ1) is 7.74. The van der Waals surface area contributed by atoms with Crippen molar-refractivity contribution in [3.63, 3.8) is 0 Å². The summed E-state index contributed by atoms with van der Waals surface area (Å²) in [7, 11) is 0. The van der Waals surface area contributed by atoms with Crippen molar-refractivity contribution in [3.05, 3.63) is 35.4 Å². The molecule has 2 N–H and O–H groups in total. The Kier molecular flexibility index (Phi) is 3.57. The molecule has 1 aromatic rings. The van der Waals surface area contributed by atoms with Crippen molar-refractivity contribution < 1.29 is 4.79 Å². The Morgan fingerprint density at radius 2 is 2.12 bits per heavy atom. The topological polar surface area (TPSA) is 41.1 Å². The minimum Gasteiger partial charge on any atom is -0.355 e. The molecule has 1 saturated heterocycles. The van der Waals surface area contributed by atoms with E-state index < -0.39 is 0 Å². The molecule has 16 heavy (non-hydrogen) atoms. The summed E-state index contributed by atoms with van der Waals surface area (Å²) in [6.45, 7) is 3.72. The molecule has 1 amide bonds. The van der Waals surface area contributed by atoms with Gasteiger partial charge in [-0.05, 0) is 18.9 Å². The van der Waals surface area contributed by atoms with Gasteiger partial charge in [0, 0.05) is 25.6 Å². The number of carbonyl (C=O) groups excluding carboxylic acids is 1. The third-order valence-electron chi connectivity index (χ3n) is 2.98. The van der Waals surface area contributed by atoms with Gasteiger partial charge in [-0.15, -0.1) is 0 Å². The first-order valence-corrected chi connectivity index (χ1v) is 5.79. The zero-order chi connectivity index (χ0) is 11.4. The SMILES string of the molecule is Cc1ccc(CNC2CCC(=O)NC2)cc1. The first-order valence-electron chi connectivity index (χ1n) is 5.79. The van der Waals surface area contributed by atoms with Gasteiger partial charge < -0.3 is 10.6 Å². The van der Waals surface area contributed by atoms with Crippen molar-refractivity contribution in [3.8, 4) is 0 Å². The smallest absolute Gasteiger partial charge is 0.220 e. The van der Waals surface area contributed by atoms with Crippen LogP contribution < -0.4 is 10.6 Å². The second-order valence-electron chi connectivity index (χ2n) is 4.41. The molecular formula is C13H18N2O. The fourth-order valence-electron chi connectivity index (χ4n) is 1.88. The molecule has 0 bridgehead atoms. The van der Waals surface area contributed by atoms with Gasteiger partial charge in [0.15, 0.2) is 0 Å². The fourth-order valence-corrected chi connectivity index (χ4v) is 1.88. The van der Waals surface area contributed by atoms with Crippen molar-refractivity contribution in [1.29, 1.82) is 0 Å². The van der Waals surface area contributed by atoms with Crippen LogP contribution in [0.15, 0.2) is 24.3 Å². The van der Waals surface area contributed by atoms with Gasteiger partial charge in [0.1, 0.15) is 0 Å². The summed E-state index contributed by atoms with van der Waals surface area (Å²) >= 11 is 0. The van der Waals surface area contributed by atoms with E-state index in [2.05, 4.69) is 41.8 Å². The molecule has 0 saturated carbocycles. The predicted octanol–water partition coefficient (Wildman–Crippen LogP) is 1.36. The lowest BCUT2D eigenvalue weighted by molar-refractivity contribution is -0.122. The number of piperidine rings is 1. The van der Waals surface area contributed by atoms with Crippen LogP contribution in [0.2, 0.25) is 0 Å². The average Bonchev–Trinajstić information content (AvgIpc) is 2.30. The Hall–Kier alpha value is -1.35. The molecule has 3 heteroatoms. The summed E-state index contributed by atoms with van der Waals surface area (Å²) in [6, 6.07) is 8.95. The monoisotopic (exact) mass is 218 g/mol. The van der Waals surface area contributed by atoms with E-state index in [0.717, 1.165) is 19.5 Å². The summed E-state index contributed by atoms with van der Waals surface area (Å²) in [4.78, 5) is 11.0. The van der Waals surface area contributed by atoms with Gasteiger partial charge in [-0.3, -0.25) is 4.79 Å². The lowest BCUT2D eigenvalue weighted by Gasteiger charge is -2.23. The van der Waals surface area contributed by atoms with Gasteiger partial charge >= 0.3 is 0 Å². The number of amides is 1. The first kappa shape index (κ1) is 11.1. The Labute approximate surface area is 96.2 Å². The fraction of sp³-hybridized carbons (Fsp3) is 0.462. The number of nitrogens with one attached hydrogen (secondary N) is 2. The molecule has 3 nitrogen and oxygen atoms in total. The minimum atomic E-state index is 0.174. The van der Waals surface area contributed by atoms with Crippen LogP contribution in [0.3, 0.4) is 0 Å². The van der Waals surface area contributed by atoms with E-state index in [9.17, 15) is 4.79 Å². The number of aryl methyl sites for hydroxylation is 1. The summed E-state index contributed by atoms with van der Waals surface area (Å²) in [5, 5.41) is 6.34. The number of rotatable bonds is 3.